The summed E-state index contributed by atoms with van der Waals surface area (Å²) < 4.78 is 34.3. The molecule has 0 aromatic carbocycles. The van der Waals surface area contributed by atoms with E-state index in [4.69, 9.17) is 18.5 Å². The number of rotatable bonds is 36. The fraction of sp³-hybridized carbons (Fsp3) is 0.973. The van der Waals surface area contributed by atoms with Crippen molar-refractivity contribution in [2.45, 2.75) is 180 Å². The van der Waals surface area contributed by atoms with E-state index in [9.17, 15) is 14.3 Å². The fourth-order valence-electron chi connectivity index (χ4n) is 5.37. The first-order valence-electron chi connectivity index (χ1n) is 19.3. The Labute approximate surface area is 285 Å². The Bertz CT molecular complexity index is 716. The molecule has 0 aliphatic rings. The van der Waals surface area contributed by atoms with E-state index in [-0.39, 0.29) is 25.8 Å². The zero-order valence-electron chi connectivity index (χ0n) is 31.0. The van der Waals surface area contributed by atoms with Gasteiger partial charge >= 0.3 is 5.97 Å². The van der Waals surface area contributed by atoms with Crippen LogP contribution in [0.4, 0.5) is 0 Å². The number of hydrogen-bond acceptors (Lipinski definition) is 7. The van der Waals surface area contributed by atoms with Crippen molar-refractivity contribution < 1.29 is 37.3 Å². The number of phosphoric acid groups is 1. The highest BCUT2D eigenvalue weighted by atomic mass is 31.2. The van der Waals surface area contributed by atoms with Crippen LogP contribution in [0.1, 0.15) is 174 Å². The molecule has 0 aromatic rings. The summed E-state index contributed by atoms with van der Waals surface area (Å²) in [6.45, 7) is 5.41. The largest absolute Gasteiger partial charge is 0.756 e. The highest BCUT2D eigenvalue weighted by Gasteiger charge is 2.20. The topological polar surface area (TPSA) is 94.1 Å². The summed E-state index contributed by atoms with van der Waals surface area (Å²) in [4.78, 5) is 24.9. The molecule has 9 heteroatoms. The molecule has 0 fully saturated rings. The third-order valence-electron chi connectivity index (χ3n) is 8.41. The Morgan fingerprint density at radius 2 is 1.00 bits per heavy atom. The van der Waals surface area contributed by atoms with Gasteiger partial charge in [0.2, 0.25) is 0 Å². The molecule has 0 N–H and O–H groups in total. The molecule has 0 radical (unpaired) electrons. The minimum Gasteiger partial charge on any atom is -0.756 e. The maximum atomic E-state index is 12.6. The molecule has 8 nitrogen and oxygen atoms in total. The van der Waals surface area contributed by atoms with Crippen LogP contribution in [0, 0.1) is 0 Å². The first kappa shape index (κ1) is 45.5. The smallest absolute Gasteiger partial charge is 0.306 e. The molecule has 276 valence electrons. The van der Waals surface area contributed by atoms with Crippen LogP contribution in [0.3, 0.4) is 0 Å². The van der Waals surface area contributed by atoms with Crippen LogP contribution in [-0.4, -0.2) is 70.7 Å². The lowest BCUT2D eigenvalue weighted by Gasteiger charge is -2.28. The number of likely N-dealkylation sites (N-methyl/N-ethyl adjacent to an activating group) is 1. The van der Waals surface area contributed by atoms with E-state index in [2.05, 4.69) is 13.8 Å². The van der Waals surface area contributed by atoms with Crippen molar-refractivity contribution in [3.05, 3.63) is 0 Å². The van der Waals surface area contributed by atoms with E-state index in [0.29, 0.717) is 24.1 Å². The third-order valence-corrected chi connectivity index (χ3v) is 9.37. The van der Waals surface area contributed by atoms with Crippen LogP contribution in [-0.2, 0) is 27.9 Å². The minimum atomic E-state index is -4.50. The lowest BCUT2D eigenvalue weighted by atomic mass is 10.0. The molecule has 0 spiro atoms. The average Bonchev–Trinajstić information content (AvgIpc) is 2.99. The maximum Gasteiger partial charge on any atom is 0.306 e. The van der Waals surface area contributed by atoms with E-state index in [1.165, 1.54) is 122 Å². The van der Waals surface area contributed by atoms with Crippen LogP contribution in [0.15, 0.2) is 0 Å². The quantitative estimate of drug-likeness (QED) is 0.0282. The van der Waals surface area contributed by atoms with Gasteiger partial charge in [-0.25, -0.2) is 0 Å². The van der Waals surface area contributed by atoms with Gasteiger partial charge in [-0.1, -0.05) is 155 Å². The summed E-state index contributed by atoms with van der Waals surface area (Å²) in [5.74, 6) is -0.332. The Hall–Kier alpha value is -0.500. The van der Waals surface area contributed by atoms with E-state index < -0.39 is 13.9 Å². The van der Waals surface area contributed by atoms with Crippen molar-refractivity contribution in [1.82, 2.24) is 0 Å². The molecule has 46 heavy (non-hydrogen) atoms. The molecule has 0 saturated carbocycles. The van der Waals surface area contributed by atoms with Gasteiger partial charge in [0.15, 0.2) is 0 Å². The standard InChI is InChI=1S/C37H76NO7P/c1-6-8-10-12-14-16-17-18-19-20-21-22-23-24-26-28-30-37(39)45-36(34-42-32-29-27-25-15-13-11-9-7-2)35-44-46(40,41)43-33-31-38(3,4)5/h36H,6-35H2,1-5H3. The summed E-state index contributed by atoms with van der Waals surface area (Å²) in [6.07, 6.45) is 29.7. The average molecular weight is 678 g/mol. The van der Waals surface area contributed by atoms with Crippen LogP contribution in [0.5, 0.6) is 0 Å². The van der Waals surface area contributed by atoms with E-state index in [1.54, 1.807) is 0 Å². The number of hydrogen-bond donors (Lipinski definition) is 0. The molecular weight excluding hydrogens is 601 g/mol. The SMILES string of the molecule is CCCCCCCCCCCCCCCCCCC(=O)OC(COCCCCCCCCCC)COP(=O)([O-])OCC[N+](C)(C)C. The zero-order chi connectivity index (χ0) is 34.2. The summed E-state index contributed by atoms with van der Waals surface area (Å²) in [5, 5.41) is 0. The number of carbonyl (C=O) groups is 1. The molecule has 0 saturated heterocycles. The van der Waals surface area contributed by atoms with Crippen molar-refractivity contribution in [1.29, 1.82) is 0 Å². The highest BCUT2D eigenvalue weighted by molar-refractivity contribution is 7.45. The van der Waals surface area contributed by atoms with Crippen molar-refractivity contribution in [2.75, 3.05) is 54.1 Å². The summed E-state index contributed by atoms with van der Waals surface area (Å²) >= 11 is 0. The number of esters is 1. The highest BCUT2D eigenvalue weighted by Crippen LogP contribution is 2.38. The molecule has 0 aliphatic heterocycles. The Morgan fingerprint density at radius 1 is 0.587 bits per heavy atom. The summed E-state index contributed by atoms with van der Waals surface area (Å²) in [7, 11) is 1.37. The van der Waals surface area contributed by atoms with Crippen molar-refractivity contribution in [3.8, 4) is 0 Å². The predicted octanol–water partition coefficient (Wildman–Crippen LogP) is 9.91. The maximum absolute atomic E-state index is 12.6. The number of carbonyl (C=O) groups excluding carboxylic acids is 1. The second-order valence-corrected chi connectivity index (χ2v) is 15.7. The van der Waals surface area contributed by atoms with Crippen LogP contribution in [0.25, 0.3) is 0 Å². The van der Waals surface area contributed by atoms with Gasteiger partial charge in [0.05, 0.1) is 34.4 Å². The lowest BCUT2D eigenvalue weighted by molar-refractivity contribution is -0.870. The van der Waals surface area contributed by atoms with Gasteiger partial charge in [0.25, 0.3) is 7.82 Å². The Kier molecular flexibility index (Phi) is 31.4. The van der Waals surface area contributed by atoms with Crippen molar-refractivity contribution in [3.63, 3.8) is 0 Å². The van der Waals surface area contributed by atoms with Gasteiger partial charge in [-0.05, 0) is 12.8 Å². The molecule has 0 bridgehead atoms. The molecule has 2 unspecified atom stereocenters. The number of nitrogens with zero attached hydrogens (tertiary/aromatic N) is 1. The van der Waals surface area contributed by atoms with Crippen LogP contribution in [0.2, 0.25) is 0 Å². The van der Waals surface area contributed by atoms with E-state index in [0.717, 1.165) is 32.1 Å². The molecule has 0 heterocycles. The molecule has 0 aliphatic carbocycles. The monoisotopic (exact) mass is 678 g/mol. The van der Waals surface area contributed by atoms with E-state index >= 15 is 0 Å². The summed E-state index contributed by atoms with van der Waals surface area (Å²) in [6, 6.07) is 0. The third kappa shape index (κ3) is 34.8. The number of unbranched alkanes of at least 4 members (excludes halogenated alkanes) is 22. The van der Waals surface area contributed by atoms with Gasteiger partial charge < -0.3 is 27.9 Å². The Morgan fingerprint density at radius 3 is 1.43 bits per heavy atom. The predicted molar refractivity (Wildman–Crippen MR) is 190 cm³/mol. The van der Waals surface area contributed by atoms with Gasteiger partial charge in [0.1, 0.15) is 19.3 Å². The second kappa shape index (κ2) is 31.7. The van der Waals surface area contributed by atoms with Crippen LogP contribution < -0.4 is 4.89 Å². The van der Waals surface area contributed by atoms with Gasteiger partial charge in [-0.2, -0.15) is 0 Å². The molecule has 2 atom stereocenters. The number of ether oxygens (including phenoxy) is 2. The molecular formula is C37H76NO7P. The molecule has 0 amide bonds. The fourth-order valence-corrected chi connectivity index (χ4v) is 6.10. The number of quaternary nitrogens is 1. The van der Waals surface area contributed by atoms with Gasteiger partial charge in [-0.3, -0.25) is 9.36 Å². The molecule has 0 rings (SSSR count). The van der Waals surface area contributed by atoms with Gasteiger partial charge in [0, 0.05) is 13.0 Å². The number of phosphoric ester groups is 1. The Balaban J connectivity index is 4.19. The molecule has 0 aromatic heterocycles. The van der Waals surface area contributed by atoms with Crippen molar-refractivity contribution >= 4 is 13.8 Å². The minimum absolute atomic E-state index is 0.0307. The van der Waals surface area contributed by atoms with Gasteiger partial charge in [-0.15, -0.1) is 0 Å². The van der Waals surface area contributed by atoms with Crippen molar-refractivity contribution in [2.24, 2.45) is 0 Å². The van der Waals surface area contributed by atoms with E-state index in [1.807, 2.05) is 21.1 Å². The first-order valence-corrected chi connectivity index (χ1v) is 20.7. The second-order valence-electron chi connectivity index (χ2n) is 14.3. The lowest BCUT2D eigenvalue weighted by Crippen LogP contribution is -2.37. The normalized spacial score (nSPS) is 14.0. The van der Waals surface area contributed by atoms with Crippen LogP contribution >= 0.6 is 7.82 Å². The summed E-state index contributed by atoms with van der Waals surface area (Å²) in [5.41, 5.74) is 0. The first-order chi connectivity index (χ1) is 22.1. The zero-order valence-corrected chi connectivity index (χ0v) is 31.9.